The normalized spacial score (nSPS) is 17.2. The smallest absolute Gasteiger partial charge is 0.355 e. The summed E-state index contributed by atoms with van der Waals surface area (Å²) in [5, 5.41) is 26.2. The maximum Gasteiger partial charge on any atom is 0.355 e. The summed E-state index contributed by atoms with van der Waals surface area (Å²) in [7, 11) is 0. The number of aliphatic hydroxyl groups is 1. The van der Waals surface area contributed by atoms with E-state index in [0.717, 1.165) is 0 Å². The zero-order valence-corrected chi connectivity index (χ0v) is 26.3. The van der Waals surface area contributed by atoms with Crippen LogP contribution in [0.15, 0.2) is 98.9 Å². The standard InChI is InChI=1S/C35H26N6O9/c1-18(42)32-29-15-25(33(40(29)34(32)44)35(45)49-16-19-2-5-21(6-3-19)38-39-36)24-9-4-20(12-28(24)41(46)47)17-48-23-8-11-27-31(14-23)50-30-13-22(43)7-10-26(30)37-27/h2-14,18,29,32,42H,15-17H2,1H3/t18-,29-,32-/m1/s1. The third kappa shape index (κ3) is 5.87. The van der Waals surface area contributed by atoms with Gasteiger partial charge in [-0.25, -0.2) is 9.78 Å². The first-order valence-electron chi connectivity index (χ1n) is 15.4. The summed E-state index contributed by atoms with van der Waals surface area (Å²) in [5.74, 6) is -1.38. The summed E-state index contributed by atoms with van der Waals surface area (Å²) in [6.45, 7) is 1.25. The number of nitro benzene ring substituents is 1. The Kier molecular flexibility index (Phi) is 8.19. The number of nitro groups is 1. The summed E-state index contributed by atoms with van der Waals surface area (Å²) in [5.41, 5.74) is 11.3. The fraction of sp³-hybridized carbons (Fsp3) is 0.200. The zero-order chi connectivity index (χ0) is 35.1. The number of azide groups is 1. The van der Waals surface area contributed by atoms with Crippen LogP contribution in [0.25, 0.3) is 38.6 Å². The Hall–Kier alpha value is -6.57. The Labute approximate surface area is 282 Å². The van der Waals surface area contributed by atoms with Crippen molar-refractivity contribution in [2.24, 2.45) is 11.0 Å². The number of fused-ring (bicyclic) bond motifs is 3. The predicted molar refractivity (Wildman–Crippen MR) is 177 cm³/mol. The van der Waals surface area contributed by atoms with Crippen molar-refractivity contribution in [2.75, 3.05) is 0 Å². The van der Waals surface area contributed by atoms with Gasteiger partial charge in [0, 0.05) is 28.8 Å². The number of nitrogens with zero attached hydrogens (tertiary/aromatic N) is 6. The van der Waals surface area contributed by atoms with E-state index >= 15 is 0 Å². The highest BCUT2D eigenvalue weighted by atomic mass is 16.6. The maximum atomic E-state index is 13.6. The van der Waals surface area contributed by atoms with Crippen molar-refractivity contribution in [3.05, 3.63) is 132 Å². The van der Waals surface area contributed by atoms with Crippen LogP contribution in [-0.4, -0.2) is 43.9 Å². The molecule has 0 radical (unpaired) electrons. The van der Waals surface area contributed by atoms with E-state index in [0.29, 0.717) is 45.1 Å². The van der Waals surface area contributed by atoms with Crippen LogP contribution in [0.4, 0.5) is 11.4 Å². The summed E-state index contributed by atoms with van der Waals surface area (Å²) >= 11 is 0. The van der Waals surface area contributed by atoms with E-state index in [1.165, 1.54) is 36.1 Å². The van der Waals surface area contributed by atoms with E-state index in [1.54, 1.807) is 54.6 Å². The number of hydrogen-bond acceptors (Lipinski definition) is 11. The highest BCUT2D eigenvalue weighted by Gasteiger charge is 2.57. The Balaban J connectivity index is 1.16. The van der Waals surface area contributed by atoms with Crippen LogP contribution in [0.1, 0.15) is 30.0 Å². The fourth-order valence-electron chi connectivity index (χ4n) is 6.34. The number of aromatic nitrogens is 1. The van der Waals surface area contributed by atoms with Crippen LogP contribution in [0.2, 0.25) is 0 Å². The molecule has 0 saturated carbocycles. The molecule has 3 atom stereocenters. The lowest BCUT2D eigenvalue weighted by molar-refractivity contribution is -0.385. The minimum atomic E-state index is -0.994. The number of carbonyl (C=O) groups is 2. The number of aliphatic hydroxyl groups excluding tert-OH is 1. The van der Waals surface area contributed by atoms with Gasteiger partial charge in [-0.1, -0.05) is 35.4 Å². The minimum absolute atomic E-state index is 0.0535. The second-order valence-corrected chi connectivity index (χ2v) is 11.9. The van der Waals surface area contributed by atoms with E-state index in [9.17, 15) is 29.6 Å². The molecule has 4 aliphatic rings. The first-order chi connectivity index (χ1) is 24.1. The first kappa shape index (κ1) is 32.0. The summed E-state index contributed by atoms with van der Waals surface area (Å²) < 4.78 is 17.3. The van der Waals surface area contributed by atoms with Gasteiger partial charge in [0.15, 0.2) is 16.8 Å². The lowest BCUT2D eigenvalue weighted by atomic mass is 9.82. The van der Waals surface area contributed by atoms with E-state index in [2.05, 4.69) is 15.0 Å². The maximum absolute atomic E-state index is 13.6. The van der Waals surface area contributed by atoms with Crippen LogP contribution < -0.4 is 10.2 Å². The van der Waals surface area contributed by atoms with Gasteiger partial charge in [0.25, 0.3) is 5.69 Å². The molecule has 0 spiro atoms. The summed E-state index contributed by atoms with van der Waals surface area (Å²) in [4.78, 5) is 58.7. The van der Waals surface area contributed by atoms with E-state index in [1.807, 2.05) is 0 Å². The number of rotatable bonds is 10. The highest BCUT2D eigenvalue weighted by Crippen LogP contribution is 2.49. The molecule has 50 heavy (non-hydrogen) atoms. The Bertz CT molecular complexity index is 2310. The first-order valence-corrected chi connectivity index (χ1v) is 15.4. The lowest BCUT2D eigenvalue weighted by Crippen LogP contribution is -2.61. The fourth-order valence-corrected chi connectivity index (χ4v) is 6.34. The molecule has 1 fully saturated rings. The van der Waals surface area contributed by atoms with Crippen molar-refractivity contribution >= 4 is 39.9 Å². The molecule has 1 N–H and O–H groups in total. The molecule has 0 aromatic heterocycles. The molecule has 3 aromatic carbocycles. The van der Waals surface area contributed by atoms with Gasteiger partial charge in [0.2, 0.25) is 5.91 Å². The molecule has 250 valence electrons. The van der Waals surface area contributed by atoms with Crippen LogP contribution in [0.5, 0.6) is 5.75 Å². The average molecular weight is 675 g/mol. The van der Waals surface area contributed by atoms with Gasteiger partial charge in [-0.15, -0.1) is 0 Å². The number of benzene rings is 4. The zero-order valence-electron chi connectivity index (χ0n) is 26.3. The molecule has 0 bridgehead atoms. The number of amides is 1. The molecule has 3 aliphatic heterocycles. The second-order valence-electron chi connectivity index (χ2n) is 11.9. The van der Waals surface area contributed by atoms with Crippen molar-refractivity contribution in [3.8, 4) is 17.2 Å². The lowest BCUT2D eigenvalue weighted by Gasteiger charge is -2.44. The molecule has 1 saturated heterocycles. The van der Waals surface area contributed by atoms with Gasteiger partial charge in [-0.2, -0.15) is 0 Å². The van der Waals surface area contributed by atoms with Crippen LogP contribution in [0.3, 0.4) is 0 Å². The van der Waals surface area contributed by atoms with Gasteiger partial charge < -0.3 is 23.9 Å². The third-order valence-electron chi connectivity index (χ3n) is 8.70. The molecule has 3 heterocycles. The van der Waals surface area contributed by atoms with Crippen LogP contribution in [0, 0.1) is 16.0 Å². The quantitative estimate of drug-likeness (QED) is 0.0275. The molecule has 7 rings (SSSR count). The van der Waals surface area contributed by atoms with Gasteiger partial charge in [-0.05, 0) is 65.9 Å². The van der Waals surface area contributed by atoms with E-state index in [4.69, 9.17) is 19.4 Å². The average Bonchev–Trinajstić information content (AvgIpc) is 3.44. The molecule has 15 heteroatoms. The Morgan fingerprint density at radius 2 is 1.88 bits per heavy atom. The van der Waals surface area contributed by atoms with E-state index in [-0.39, 0.29) is 47.6 Å². The number of esters is 1. The SMILES string of the molecule is C[C@@H](O)[C@H]1C(=O)N2C(C(=O)OCc3ccc(N=[N+]=[N-])cc3)=C(c3ccc(COc4ccc5nc6ccc(=O)cc-6oc5c4)cc3[N+](=O)[O-])C[C@H]12. The molecular formula is C35H26N6O9. The van der Waals surface area contributed by atoms with E-state index < -0.39 is 34.9 Å². The Morgan fingerprint density at radius 3 is 2.62 bits per heavy atom. The van der Waals surface area contributed by atoms with Crippen LogP contribution in [-0.2, 0) is 27.5 Å². The highest BCUT2D eigenvalue weighted by molar-refractivity contribution is 6.07. The van der Waals surface area contributed by atoms with Crippen molar-refractivity contribution in [1.29, 1.82) is 0 Å². The Morgan fingerprint density at radius 1 is 1.10 bits per heavy atom. The van der Waals surface area contributed by atoms with Gasteiger partial charge in [0.05, 0.1) is 28.6 Å². The largest absolute Gasteiger partial charge is 0.489 e. The summed E-state index contributed by atoms with van der Waals surface area (Å²) in [6, 6.07) is 19.6. The minimum Gasteiger partial charge on any atom is -0.489 e. The monoisotopic (exact) mass is 674 g/mol. The van der Waals surface area contributed by atoms with Gasteiger partial charge in [0.1, 0.15) is 35.9 Å². The van der Waals surface area contributed by atoms with Crippen molar-refractivity contribution in [2.45, 2.75) is 38.7 Å². The molecule has 1 amide bonds. The molecule has 3 aromatic rings. The molecular weight excluding hydrogens is 648 g/mol. The number of β-lactam (4-membered cyclic amide) rings is 1. The van der Waals surface area contributed by atoms with Crippen molar-refractivity contribution in [1.82, 2.24) is 9.88 Å². The molecule has 0 unspecified atom stereocenters. The van der Waals surface area contributed by atoms with Crippen LogP contribution >= 0.6 is 0 Å². The number of ether oxygens (including phenoxy) is 2. The molecule has 15 nitrogen and oxygen atoms in total. The van der Waals surface area contributed by atoms with Crippen molar-refractivity contribution in [3.63, 3.8) is 0 Å². The van der Waals surface area contributed by atoms with Gasteiger partial charge >= 0.3 is 5.97 Å². The predicted octanol–water partition coefficient (Wildman–Crippen LogP) is 5.79. The van der Waals surface area contributed by atoms with Gasteiger partial charge in [-0.3, -0.25) is 19.7 Å². The topological polar surface area (TPSA) is 211 Å². The second kappa shape index (κ2) is 12.8. The van der Waals surface area contributed by atoms with Crippen molar-refractivity contribution < 1.29 is 33.5 Å². The molecule has 1 aliphatic carbocycles. The summed E-state index contributed by atoms with van der Waals surface area (Å²) in [6.07, 6.45) is -0.897. The number of hydrogen-bond donors (Lipinski definition) is 1. The third-order valence-corrected chi connectivity index (χ3v) is 8.70. The number of carbonyl (C=O) groups excluding carboxylic acids is 2.